The number of benzene rings is 1. The van der Waals surface area contributed by atoms with Crippen LogP contribution >= 0.6 is 23.3 Å². The summed E-state index contributed by atoms with van der Waals surface area (Å²) in [5, 5.41) is 18.4. The number of aromatic nitrogens is 2. The molecule has 0 aliphatic carbocycles. The van der Waals surface area contributed by atoms with Crippen molar-refractivity contribution in [1.29, 1.82) is 0 Å². The van der Waals surface area contributed by atoms with Crippen LogP contribution in [0.2, 0.25) is 0 Å². The Morgan fingerprint density at radius 2 is 2.22 bits per heavy atom. The highest BCUT2D eigenvalue weighted by molar-refractivity contribution is 8.00. The van der Waals surface area contributed by atoms with Crippen LogP contribution in [0.15, 0.2) is 22.5 Å². The Bertz CT molecular complexity index is 550. The molecule has 0 saturated carbocycles. The summed E-state index contributed by atoms with van der Waals surface area (Å²) in [6.45, 7) is 1.81. The van der Waals surface area contributed by atoms with Crippen LogP contribution in [0.1, 0.15) is 11.4 Å². The SMILES string of the molecule is Cc1nsc(SCc2ccc(F)cc2B(O)O)n1. The molecule has 0 saturated heterocycles. The summed E-state index contributed by atoms with van der Waals surface area (Å²) in [6.07, 6.45) is 0. The van der Waals surface area contributed by atoms with Crippen molar-refractivity contribution in [3.8, 4) is 0 Å². The van der Waals surface area contributed by atoms with E-state index in [1.165, 1.54) is 29.4 Å². The van der Waals surface area contributed by atoms with Crippen molar-refractivity contribution in [3.05, 3.63) is 35.4 Å². The topological polar surface area (TPSA) is 66.2 Å². The predicted molar refractivity (Wildman–Crippen MR) is 70.4 cm³/mol. The number of hydrogen-bond acceptors (Lipinski definition) is 6. The molecule has 4 nitrogen and oxygen atoms in total. The van der Waals surface area contributed by atoms with Gasteiger partial charge < -0.3 is 10.0 Å². The average molecular weight is 284 g/mol. The lowest BCUT2D eigenvalue weighted by atomic mass is 9.77. The zero-order chi connectivity index (χ0) is 13.1. The number of thioether (sulfide) groups is 1. The summed E-state index contributed by atoms with van der Waals surface area (Å²) in [4.78, 5) is 4.19. The first-order valence-electron chi connectivity index (χ1n) is 5.14. The second-order valence-corrected chi connectivity index (χ2v) is 5.59. The first-order chi connectivity index (χ1) is 8.56. The number of aryl methyl sites for hydroxylation is 1. The molecule has 1 heterocycles. The first kappa shape index (κ1) is 13.5. The van der Waals surface area contributed by atoms with Gasteiger partial charge in [-0.1, -0.05) is 17.8 Å². The fourth-order valence-corrected chi connectivity index (χ4v) is 3.08. The van der Waals surface area contributed by atoms with E-state index in [4.69, 9.17) is 0 Å². The van der Waals surface area contributed by atoms with Crippen LogP contribution in [0.4, 0.5) is 4.39 Å². The van der Waals surface area contributed by atoms with Gasteiger partial charge in [0.15, 0.2) is 4.34 Å². The molecule has 18 heavy (non-hydrogen) atoms. The molecule has 94 valence electrons. The molecule has 2 rings (SSSR count). The molecule has 0 unspecified atom stereocenters. The zero-order valence-electron chi connectivity index (χ0n) is 9.50. The van der Waals surface area contributed by atoms with Crippen LogP contribution in [0.5, 0.6) is 0 Å². The first-order valence-corrected chi connectivity index (χ1v) is 6.89. The Kier molecular flexibility index (Phi) is 4.33. The Morgan fingerprint density at radius 1 is 1.44 bits per heavy atom. The van der Waals surface area contributed by atoms with E-state index in [1.54, 1.807) is 13.0 Å². The molecule has 0 fully saturated rings. The molecule has 0 aliphatic heterocycles. The van der Waals surface area contributed by atoms with Crippen LogP contribution in [0.25, 0.3) is 0 Å². The van der Waals surface area contributed by atoms with E-state index in [0.717, 1.165) is 10.4 Å². The third-order valence-corrected chi connectivity index (χ3v) is 4.22. The van der Waals surface area contributed by atoms with Gasteiger partial charge >= 0.3 is 7.12 Å². The van der Waals surface area contributed by atoms with Crippen molar-refractivity contribution in [3.63, 3.8) is 0 Å². The highest BCUT2D eigenvalue weighted by Gasteiger charge is 2.17. The summed E-state index contributed by atoms with van der Waals surface area (Å²) in [6, 6.07) is 3.98. The molecule has 0 amide bonds. The van der Waals surface area contributed by atoms with Gasteiger partial charge in [0.25, 0.3) is 0 Å². The van der Waals surface area contributed by atoms with E-state index < -0.39 is 12.9 Å². The normalized spacial score (nSPS) is 10.7. The highest BCUT2D eigenvalue weighted by atomic mass is 32.2. The zero-order valence-corrected chi connectivity index (χ0v) is 11.1. The number of hydrogen-bond donors (Lipinski definition) is 2. The van der Waals surface area contributed by atoms with Crippen LogP contribution in [-0.4, -0.2) is 26.5 Å². The van der Waals surface area contributed by atoms with Gasteiger partial charge in [-0.05, 0) is 41.6 Å². The van der Waals surface area contributed by atoms with Gasteiger partial charge in [-0.25, -0.2) is 9.37 Å². The van der Waals surface area contributed by atoms with Gasteiger partial charge in [0, 0.05) is 5.75 Å². The van der Waals surface area contributed by atoms with Crippen molar-refractivity contribution in [2.24, 2.45) is 0 Å². The van der Waals surface area contributed by atoms with Gasteiger partial charge in [-0.3, -0.25) is 0 Å². The third-order valence-electron chi connectivity index (χ3n) is 2.25. The molecule has 0 aliphatic rings. The quantitative estimate of drug-likeness (QED) is 0.646. The fraction of sp³-hybridized carbons (Fsp3) is 0.200. The van der Waals surface area contributed by atoms with E-state index in [2.05, 4.69) is 9.36 Å². The summed E-state index contributed by atoms with van der Waals surface area (Å²) in [7, 11) is -1.67. The monoisotopic (exact) mass is 284 g/mol. The minimum atomic E-state index is -1.67. The molecule has 2 aromatic rings. The minimum Gasteiger partial charge on any atom is -0.423 e. The van der Waals surface area contributed by atoms with Crippen molar-refractivity contribution in [1.82, 2.24) is 9.36 Å². The molecule has 0 radical (unpaired) electrons. The molecule has 0 bridgehead atoms. The third kappa shape index (κ3) is 3.29. The van der Waals surface area contributed by atoms with Gasteiger partial charge in [0.05, 0.1) is 0 Å². The second kappa shape index (κ2) is 5.79. The number of nitrogens with zero attached hydrogens (tertiary/aromatic N) is 2. The second-order valence-electron chi connectivity index (χ2n) is 3.61. The maximum atomic E-state index is 13.0. The fourth-order valence-electron chi connectivity index (χ4n) is 1.41. The Labute approximate surface area is 112 Å². The molecule has 8 heteroatoms. The molecular weight excluding hydrogens is 274 g/mol. The maximum Gasteiger partial charge on any atom is 0.488 e. The summed E-state index contributed by atoms with van der Waals surface area (Å²) in [5.74, 6) is 0.713. The van der Waals surface area contributed by atoms with Crippen molar-refractivity contribution < 1.29 is 14.4 Å². The minimum absolute atomic E-state index is 0.184. The van der Waals surface area contributed by atoms with Gasteiger partial charge in [-0.2, -0.15) is 4.37 Å². The van der Waals surface area contributed by atoms with E-state index in [-0.39, 0.29) is 5.46 Å². The Morgan fingerprint density at radius 3 is 2.83 bits per heavy atom. The molecular formula is C10H10BFN2O2S2. The van der Waals surface area contributed by atoms with E-state index in [1.807, 2.05) is 0 Å². The van der Waals surface area contributed by atoms with Gasteiger partial charge in [0.2, 0.25) is 0 Å². The number of rotatable bonds is 4. The molecule has 2 N–H and O–H groups in total. The smallest absolute Gasteiger partial charge is 0.423 e. The maximum absolute atomic E-state index is 13.0. The van der Waals surface area contributed by atoms with E-state index in [0.29, 0.717) is 17.1 Å². The van der Waals surface area contributed by atoms with E-state index in [9.17, 15) is 14.4 Å². The van der Waals surface area contributed by atoms with Crippen molar-refractivity contribution >= 4 is 35.9 Å². The van der Waals surface area contributed by atoms with Gasteiger partial charge in [0.1, 0.15) is 11.6 Å². The summed E-state index contributed by atoms with van der Waals surface area (Å²) < 4.78 is 17.9. The lowest BCUT2D eigenvalue weighted by molar-refractivity contribution is 0.425. The van der Waals surface area contributed by atoms with Crippen LogP contribution < -0.4 is 5.46 Å². The molecule has 1 aromatic heterocycles. The average Bonchev–Trinajstić information content (AvgIpc) is 2.73. The van der Waals surface area contributed by atoms with Crippen molar-refractivity contribution in [2.75, 3.05) is 0 Å². The van der Waals surface area contributed by atoms with Crippen molar-refractivity contribution in [2.45, 2.75) is 17.0 Å². The molecule has 0 atom stereocenters. The Balaban J connectivity index is 2.13. The summed E-state index contributed by atoms with van der Waals surface area (Å²) >= 11 is 2.72. The molecule has 1 aromatic carbocycles. The Hall–Kier alpha value is -0.955. The van der Waals surface area contributed by atoms with Crippen LogP contribution in [0, 0.1) is 12.7 Å². The predicted octanol–water partition coefficient (Wildman–Crippen LogP) is 0.958. The lowest BCUT2D eigenvalue weighted by Crippen LogP contribution is -2.33. The number of halogens is 1. The lowest BCUT2D eigenvalue weighted by Gasteiger charge is -2.07. The van der Waals surface area contributed by atoms with Crippen LogP contribution in [0.3, 0.4) is 0 Å². The van der Waals surface area contributed by atoms with Crippen LogP contribution in [-0.2, 0) is 5.75 Å². The summed E-state index contributed by atoms with van der Waals surface area (Å²) in [5.41, 5.74) is 0.855. The molecule has 0 spiro atoms. The van der Waals surface area contributed by atoms with Gasteiger partial charge in [-0.15, -0.1) is 0 Å². The highest BCUT2D eigenvalue weighted by Crippen LogP contribution is 2.23. The van der Waals surface area contributed by atoms with E-state index >= 15 is 0 Å². The largest absolute Gasteiger partial charge is 0.488 e. The standard InChI is InChI=1S/C10H10BFN2O2S2/c1-6-13-10(18-14-6)17-5-7-2-3-8(12)4-9(7)11(15)16/h2-4,15-16H,5H2,1H3.